The maximum absolute atomic E-state index is 3.73. The SMILES string of the molecule is Brc1ccc2[nH]c3c(c2c1)CCC[C@@H]3NCc1ccccc1. The second kappa shape index (κ2) is 5.90. The first kappa shape index (κ1) is 14.0. The predicted octanol–water partition coefficient (Wildman–Crippen LogP) is 5.10. The van der Waals surface area contributed by atoms with Crippen molar-refractivity contribution in [3.8, 4) is 0 Å². The summed E-state index contributed by atoms with van der Waals surface area (Å²) in [6.45, 7) is 0.921. The smallest absolute Gasteiger partial charge is 0.0478 e. The van der Waals surface area contributed by atoms with Crippen LogP contribution in [0.3, 0.4) is 0 Å². The number of aryl methyl sites for hydroxylation is 1. The van der Waals surface area contributed by atoms with Crippen molar-refractivity contribution < 1.29 is 0 Å². The van der Waals surface area contributed by atoms with E-state index in [0.717, 1.165) is 11.0 Å². The van der Waals surface area contributed by atoms with Crippen molar-refractivity contribution in [2.45, 2.75) is 31.8 Å². The van der Waals surface area contributed by atoms with Crippen LogP contribution in [0.1, 0.15) is 35.7 Å². The number of hydrogen-bond acceptors (Lipinski definition) is 1. The molecule has 0 fully saturated rings. The van der Waals surface area contributed by atoms with Gasteiger partial charge in [-0.25, -0.2) is 0 Å². The van der Waals surface area contributed by atoms with Crippen LogP contribution in [-0.4, -0.2) is 4.98 Å². The summed E-state index contributed by atoms with van der Waals surface area (Å²) >= 11 is 3.59. The van der Waals surface area contributed by atoms with Gasteiger partial charge in [-0.05, 0) is 48.6 Å². The summed E-state index contributed by atoms with van der Waals surface area (Å²) < 4.78 is 1.15. The van der Waals surface area contributed by atoms with E-state index in [0.29, 0.717) is 6.04 Å². The van der Waals surface area contributed by atoms with Gasteiger partial charge in [-0.1, -0.05) is 46.3 Å². The lowest BCUT2D eigenvalue weighted by Crippen LogP contribution is -2.24. The van der Waals surface area contributed by atoms with E-state index in [-0.39, 0.29) is 0 Å². The van der Waals surface area contributed by atoms with E-state index in [1.54, 1.807) is 0 Å². The third-order valence-electron chi connectivity index (χ3n) is 4.56. The van der Waals surface area contributed by atoms with Crippen molar-refractivity contribution in [1.29, 1.82) is 0 Å². The number of aromatic nitrogens is 1. The highest BCUT2D eigenvalue weighted by Gasteiger charge is 2.23. The molecule has 2 N–H and O–H groups in total. The molecule has 112 valence electrons. The van der Waals surface area contributed by atoms with Crippen LogP contribution in [0.4, 0.5) is 0 Å². The Morgan fingerprint density at radius 2 is 2.00 bits per heavy atom. The fourth-order valence-electron chi connectivity index (χ4n) is 3.48. The predicted molar refractivity (Wildman–Crippen MR) is 95.0 cm³/mol. The molecule has 0 radical (unpaired) electrons. The highest BCUT2D eigenvalue weighted by atomic mass is 79.9. The summed E-state index contributed by atoms with van der Waals surface area (Å²) in [7, 11) is 0. The quantitative estimate of drug-likeness (QED) is 0.672. The van der Waals surface area contributed by atoms with Crippen LogP contribution >= 0.6 is 15.9 Å². The van der Waals surface area contributed by atoms with Gasteiger partial charge in [-0.15, -0.1) is 0 Å². The molecular weight excluding hydrogens is 336 g/mol. The number of benzene rings is 2. The molecular formula is C19H19BrN2. The fourth-order valence-corrected chi connectivity index (χ4v) is 3.84. The number of rotatable bonds is 3. The Kier molecular flexibility index (Phi) is 3.77. The van der Waals surface area contributed by atoms with Crippen LogP contribution in [0, 0.1) is 0 Å². The van der Waals surface area contributed by atoms with Gasteiger partial charge in [-0.2, -0.15) is 0 Å². The number of H-pyrrole nitrogens is 1. The van der Waals surface area contributed by atoms with Gasteiger partial charge in [0.25, 0.3) is 0 Å². The van der Waals surface area contributed by atoms with Crippen LogP contribution in [0.2, 0.25) is 0 Å². The first-order chi connectivity index (χ1) is 10.8. The van der Waals surface area contributed by atoms with Crippen molar-refractivity contribution in [2.24, 2.45) is 0 Å². The number of hydrogen-bond donors (Lipinski definition) is 2. The summed E-state index contributed by atoms with van der Waals surface area (Å²) in [4.78, 5) is 3.65. The molecule has 0 bridgehead atoms. The van der Waals surface area contributed by atoms with Gasteiger partial charge in [-0.3, -0.25) is 0 Å². The molecule has 2 nitrogen and oxygen atoms in total. The molecule has 1 aliphatic rings. The van der Waals surface area contributed by atoms with E-state index in [1.807, 2.05) is 0 Å². The van der Waals surface area contributed by atoms with Crippen LogP contribution < -0.4 is 5.32 Å². The number of fused-ring (bicyclic) bond motifs is 3. The van der Waals surface area contributed by atoms with Crippen molar-refractivity contribution in [1.82, 2.24) is 10.3 Å². The fraction of sp³-hybridized carbons (Fsp3) is 0.263. The molecule has 1 heterocycles. The van der Waals surface area contributed by atoms with Crippen LogP contribution in [0.5, 0.6) is 0 Å². The molecule has 4 rings (SSSR count). The number of aromatic amines is 1. The Bertz CT molecular complexity index is 792. The topological polar surface area (TPSA) is 27.8 Å². The largest absolute Gasteiger partial charge is 0.357 e. The third kappa shape index (κ3) is 2.59. The Balaban J connectivity index is 1.63. The zero-order chi connectivity index (χ0) is 14.9. The average molecular weight is 355 g/mol. The molecule has 0 saturated heterocycles. The lowest BCUT2D eigenvalue weighted by atomic mass is 9.91. The second-order valence-corrected chi connectivity index (χ2v) is 6.93. The molecule has 2 aromatic carbocycles. The van der Waals surface area contributed by atoms with Gasteiger partial charge >= 0.3 is 0 Å². The lowest BCUT2D eigenvalue weighted by Gasteiger charge is -2.24. The van der Waals surface area contributed by atoms with Crippen LogP contribution in [0.15, 0.2) is 53.0 Å². The first-order valence-corrected chi connectivity index (χ1v) is 8.68. The molecule has 0 unspecified atom stereocenters. The minimum Gasteiger partial charge on any atom is -0.357 e. The zero-order valence-corrected chi connectivity index (χ0v) is 14.0. The van der Waals surface area contributed by atoms with E-state index in [2.05, 4.69) is 74.8 Å². The number of nitrogens with one attached hydrogen (secondary N) is 2. The normalized spacial score (nSPS) is 17.6. The van der Waals surface area contributed by atoms with Crippen molar-refractivity contribution in [3.05, 3.63) is 69.8 Å². The molecule has 3 aromatic rings. The van der Waals surface area contributed by atoms with E-state index < -0.39 is 0 Å². The Morgan fingerprint density at radius 3 is 2.86 bits per heavy atom. The molecule has 1 aromatic heterocycles. The first-order valence-electron chi connectivity index (χ1n) is 7.88. The average Bonchev–Trinajstić information content (AvgIpc) is 2.92. The van der Waals surface area contributed by atoms with Gasteiger partial charge in [0.2, 0.25) is 0 Å². The van der Waals surface area contributed by atoms with Crippen LogP contribution in [0.25, 0.3) is 10.9 Å². The molecule has 0 amide bonds. The maximum atomic E-state index is 3.73. The Labute approximate surface area is 139 Å². The zero-order valence-electron chi connectivity index (χ0n) is 12.4. The minimum absolute atomic E-state index is 0.426. The molecule has 0 saturated carbocycles. The summed E-state index contributed by atoms with van der Waals surface area (Å²) in [5, 5.41) is 5.10. The van der Waals surface area contributed by atoms with E-state index >= 15 is 0 Å². The highest BCUT2D eigenvalue weighted by Crippen LogP contribution is 2.35. The second-order valence-electron chi connectivity index (χ2n) is 6.02. The van der Waals surface area contributed by atoms with Crippen molar-refractivity contribution >= 4 is 26.8 Å². The maximum Gasteiger partial charge on any atom is 0.0478 e. The molecule has 3 heteroatoms. The summed E-state index contributed by atoms with van der Waals surface area (Å²) in [6, 6.07) is 17.6. The molecule has 1 aliphatic carbocycles. The van der Waals surface area contributed by atoms with Crippen LogP contribution in [-0.2, 0) is 13.0 Å². The molecule has 0 spiro atoms. The number of halogens is 1. The summed E-state index contributed by atoms with van der Waals surface area (Å²) in [5.74, 6) is 0. The standard InChI is InChI=1S/C19H19BrN2/c20-14-9-10-17-16(11-14)15-7-4-8-18(19(15)22-17)21-12-13-5-2-1-3-6-13/h1-3,5-6,9-11,18,21-22H,4,7-8,12H2/t18-/m0/s1. The highest BCUT2D eigenvalue weighted by molar-refractivity contribution is 9.10. The minimum atomic E-state index is 0.426. The van der Waals surface area contributed by atoms with Crippen molar-refractivity contribution in [3.63, 3.8) is 0 Å². The van der Waals surface area contributed by atoms with Gasteiger partial charge in [0.1, 0.15) is 0 Å². The van der Waals surface area contributed by atoms with E-state index in [4.69, 9.17) is 0 Å². The van der Waals surface area contributed by atoms with Gasteiger partial charge in [0.15, 0.2) is 0 Å². The summed E-state index contributed by atoms with van der Waals surface area (Å²) in [6.07, 6.45) is 3.63. The van der Waals surface area contributed by atoms with Crippen molar-refractivity contribution in [2.75, 3.05) is 0 Å². The monoisotopic (exact) mass is 354 g/mol. The molecule has 1 atom stereocenters. The Morgan fingerprint density at radius 1 is 1.14 bits per heavy atom. The molecule has 22 heavy (non-hydrogen) atoms. The summed E-state index contributed by atoms with van der Waals surface area (Å²) in [5.41, 5.74) is 5.47. The molecule has 0 aliphatic heterocycles. The lowest BCUT2D eigenvalue weighted by molar-refractivity contribution is 0.452. The van der Waals surface area contributed by atoms with Gasteiger partial charge in [0.05, 0.1) is 0 Å². The van der Waals surface area contributed by atoms with Gasteiger partial charge in [0, 0.05) is 33.7 Å². The van der Waals surface area contributed by atoms with Gasteiger partial charge < -0.3 is 10.3 Å². The van der Waals surface area contributed by atoms with E-state index in [9.17, 15) is 0 Å². The Hall–Kier alpha value is -1.58. The third-order valence-corrected chi connectivity index (χ3v) is 5.06. The van der Waals surface area contributed by atoms with E-state index in [1.165, 1.54) is 47.0 Å².